The van der Waals surface area contributed by atoms with Crippen molar-refractivity contribution >= 4 is 27.0 Å². The van der Waals surface area contributed by atoms with E-state index in [0.717, 1.165) is 18.4 Å². The van der Waals surface area contributed by atoms with Crippen LogP contribution in [0.25, 0.3) is 0 Å². The van der Waals surface area contributed by atoms with Crippen LogP contribution in [-0.4, -0.2) is 21.4 Å². The molecule has 0 aliphatic heterocycles. The molecule has 0 bridgehead atoms. The Hall–Kier alpha value is -0.670. The Morgan fingerprint density at radius 2 is 2.13 bits per heavy atom. The second-order valence-electron chi connectivity index (χ2n) is 4.12. The van der Waals surface area contributed by atoms with E-state index in [9.17, 15) is 9.32 Å². The van der Waals surface area contributed by atoms with Crippen molar-refractivity contribution in [2.75, 3.05) is 6.26 Å². The summed E-state index contributed by atoms with van der Waals surface area (Å²) >= 11 is 6.03. The molecule has 1 aromatic carbocycles. The molecule has 0 saturated heterocycles. The average molecular weight is 245 g/mol. The van der Waals surface area contributed by atoms with Crippen LogP contribution in [0.4, 0.5) is 0 Å². The second kappa shape index (κ2) is 3.42. The summed E-state index contributed by atoms with van der Waals surface area (Å²) in [7, 11) is -2.37. The van der Waals surface area contributed by atoms with Crippen LogP contribution in [0.1, 0.15) is 24.3 Å². The summed E-state index contributed by atoms with van der Waals surface area (Å²) < 4.78 is 11.8. The maximum absolute atomic E-state index is 11.8. The van der Waals surface area contributed by atoms with Gasteiger partial charge in [0, 0.05) is 6.26 Å². The van der Waals surface area contributed by atoms with Gasteiger partial charge in [-0.05, 0) is 51.8 Å². The van der Waals surface area contributed by atoms with Gasteiger partial charge in [-0.2, -0.15) is 0 Å². The molecule has 1 aliphatic carbocycles. The lowest BCUT2D eigenvalue weighted by molar-refractivity contribution is 0.466. The number of hydrogen-bond acceptors (Lipinski definition) is 2. The maximum Gasteiger partial charge on any atom is 0.120 e. The first-order valence-electron chi connectivity index (χ1n) is 4.74. The summed E-state index contributed by atoms with van der Waals surface area (Å²) in [5, 5.41) is 10.2. The molecule has 1 unspecified atom stereocenters. The Morgan fingerprint density at radius 1 is 1.53 bits per heavy atom. The fourth-order valence-electron chi connectivity index (χ4n) is 1.61. The molecule has 15 heavy (non-hydrogen) atoms. The number of phenols is 1. The second-order valence-corrected chi connectivity index (χ2v) is 6.98. The summed E-state index contributed by atoms with van der Waals surface area (Å²) in [5.74, 6) is 4.18. The van der Waals surface area contributed by atoms with E-state index >= 15 is 0 Å². The lowest BCUT2D eigenvalue weighted by atomic mass is 10.1. The van der Waals surface area contributed by atoms with E-state index < -0.39 is 9.52 Å². The number of phenolic OH excluding ortho intramolecular Hbond substituents is 1. The first-order valence-corrected chi connectivity index (χ1v) is 7.25. The van der Waals surface area contributed by atoms with Crippen molar-refractivity contribution in [2.45, 2.75) is 23.7 Å². The quantitative estimate of drug-likeness (QED) is 0.813. The summed E-state index contributed by atoms with van der Waals surface area (Å²) in [5.41, 5.74) is 0.868. The molecule has 0 amide bonds. The van der Waals surface area contributed by atoms with Gasteiger partial charge in [0.25, 0.3) is 0 Å². The van der Waals surface area contributed by atoms with Crippen LogP contribution in [0.2, 0.25) is 5.02 Å². The van der Waals surface area contributed by atoms with E-state index in [1.165, 1.54) is 12.3 Å². The van der Waals surface area contributed by atoms with Crippen LogP contribution in [0.5, 0.6) is 5.75 Å². The van der Waals surface area contributed by atoms with Gasteiger partial charge < -0.3 is 5.11 Å². The van der Waals surface area contributed by atoms with Crippen molar-refractivity contribution in [2.24, 2.45) is 0 Å². The summed E-state index contributed by atoms with van der Waals surface area (Å²) in [6, 6.07) is 3.21. The molecule has 0 aromatic heterocycles. The van der Waals surface area contributed by atoms with Gasteiger partial charge >= 0.3 is 0 Å². The third-order valence-corrected chi connectivity index (χ3v) is 4.26. The van der Waals surface area contributed by atoms with Crippen LogP contribution in [-0.2, 0) is 9.52 Å². The number of benzene rings is 1. The van der Waals surface area contributed by atoms with Gasteiger partial charge in [-0.15, -0.1) is 0 Å². The normalized spacial score (nSPS) is 19.9. The molecule has 0 spiro atoms. The zero-order valence-electron chi connectivity index (χ0n) is 8.50. The van der Waals surface area contributed by atoms with Gasteiger partial charge in [-0.1, -0.05) is 11.6 Å². The maximum atomic E-state index is 11.8. The van der Waals surface area contributed by atoms with Gasteiger partial charge in [0.15, 0.2) is 0 Å². The Bertz CT molecular complexity index is 502. The molecule has 1 aliphatic rings. The van der Waals surface area contributed by atoms with E-state index in [1.807, 2.05) is 0 Å². The highest BCUT2D eigenvalue weighted by Gasteiger charge is 2.27. The van der Waals surface area contributed by atoms with Crippen LogP contribution >= 0.6 is 11.6 Å². The zero-order valence-corrected chi connectivity index (χ0v) is 10.1. The van der Waals surface area contributed by atoms with Crippen molar-refractivity contribution in [1.29, 1.82) is 0 Å². The minimum Gasteiger partial charge on any atom is -0.508 e. The molecule has 1 atom stereocenters. The van der Waals surface area contributed by atoms with Crippen LogP contribution in [0.3, 0.4) is 0 Å². The largest absolute Gasteiger partial charge is 0.508 e. The molecule has 2 nitrogen and oxygen atoms in total. The minimum absolute atomic E-state index is 0.190. The van der Waals surface area contributed by atoms with Crippen molar-refractivity contribution < 1.29 is 9.32 Å². The lowest BCUT2D eigenvalue weighted by Crippen LogP contribution is -1.98. The van der Waals surface area contributed by atoms with E-state index in [4.69, 9.17) is 11.6 Å². The van der Waals surface area contributed by atoms with Gasteiger partial charge in [-0.25, -0.2) is 0 Å². The molecule has 82 valence electrons. The summed E-state index contributed by atoms with van der Waals surface area (Å²) in [6.45, 7) is 0. The molecule has 0 radical (unpaired) electrons. The SMILES string of the molecule is C=S(C)(=O)c1cc(O)c(C2CC2)cc1Cl. The third kappa shape index (κ3) is 2.13. The van der Waals surface area contributed by atoms with E-state index in [2.05, 4.69) is 5.87 Å². The lowest BCUT2D eigenvalue weighted by Gasteiger charge is -2.10. The monoisotopic (exact) mass is 244 g/mol. The fourth-order valence-corrected chi connectivity index (χ4v) is 3.10. The topological polar surface area (TPSA) is 37.3 Å². The van der Waals surface area contributed by atoms with Crippen molar-refractivity contribution in [1.82, 2.24) is 0 Å². The van der Waals surface area contributed by atoms with Crippen molar-refractivity contribution in [3.8, 4) is 5.75 Å². The highest BCUT2D eigenvalue weighted by molar-refractivity contribution is 7.99. The molecule has 1 saturated carbocycles. The molecule has 1 fully saturated rings. The van der Waals surface area contributed by atoms with Crippen molar-refractivity contribution in [3.05, 3.63) is 22.7 Å². The molecule has 4 heteroatoms. The molecule has 2 rings (SSSR count). The number of rotatable bonds is 2. The van der Waals surface area contributed by atoms with Gasteiger partial charge in [0.2, 0.25) is 0 Å². The highest BCUT2D eigenvalue weighted by atomic mass is 35.5. The van der Waals surface area contributed by atoms with Crippen LogP contribution in [0.15, 0.2) is 17.0 Å². The molecule has 1 N–H and O–H groups in total. The Morgan fingerprint density at radius 3 is 2.60 bits per heavy atom. The zero-order chi connectivity index (χ0) is 11.2. The van der Waals surface area contributed by atoms with E-state index in [1.54, 1.807) is 6.07 Å². The summed E-state index contributed by atoms with van der Waals surface area (Å²) in [4.78, 5) is 0.436. The number of aromatic hydroxyl groups is 1. The molecule has 1 aromatic rings. The number of hydrogen-bond donors (Lipinski definition) is 1. The predicted molar refractivity (Wildman–Crippen MR) is 64.5 cm³/mol. The first kappa shape index (κ1) is 10.8. The van der Waals surface area contributed by atoms with Gasteiger partial charge in [-0.3, -0.25) is 4.21 Å². The Labute approximate surface area is 94.9 Å². The average Bonchev–Trinajstić information content (AvgIpc) is 2.89. The predicted octanol–water partition coefficient (Wildman–Crippen LogP) is 2.63. The third-order valence-electron chi connectivity index (χ3n) is 2.56. The molecule has 0 heterocycles. The smallest absolute Gasteiger partial charge is 0.120 e. The molecular formula is C11H13ClO2S. The van der Waals surface area contributed by atoms with Crippen LogP contribution in [0, 0.1) is 0 Å². The minimum atomic E-state index is -2.37. The van der Waals surface area contributed by atoms with E-state index in [0.29, 0.717) is 15.8 Å². The van der Waals surface area contributed by atoms with Crippen LogP contribution < -0.4 is 0 Å². The standard InChI is InChI=1S/C11H13ClO2S/c1-15(2,14)11-6-10(13)8(5-9(11)12)7-3-4-7/h5-7,13H,1,3-4H2,2H3. The van der Waals surface area contributed by atoms with Crippen molar-refractivity contribution in [3.63, 3.8) is 0 Å². The van der Waals surface area contributed by atoms with E-state index in [-0.39, 0.29) is 5.75 Å². The Kier molecular flexibility index (Phi) is 2.47. The summed E-state index contributed by atoms with van der Waals surface area (Å²) in [6.07, 6.45) is 3.70. The van der Waals surface area contributed by atoms with Gasteiger partial charge in [0.1, 0.15) is 5.75 Å². The number of halogens is 1. The first-order chi connectivity index (χ1) is 6.89. The highest BCUT2D eigenvalue weighted by Crippen LogP contribution is 2.45. The van der Waals surface area contributed by atoms with Gasteiger partial charge in [0.05, 0.1) is 9.92 Å². The fraction of sp³-hybridized carbons (Fsp3) is 0.364. The Balaban J connectivity index is 2.57. The molecular weight excluding hydrogens is 232 g/mol.